The van der Waals surface area contributed by atoms with Crippen molar-refractivity contribution in [1.29, 1.82) is 0 Å². The SMILES string of the molecule is CCc1cnc(CCNC(=NC)NCCS(=O)(=O)NCC2CCC2)s1. The van der Waals surface area contributed by atoms with E-state index in [0.29, 0.717) is 31.5 Å². The van der Waals surface area contributed by atoms with Gasteiger partial charge in [0.05, 0.1) is 10.8 Å². The van der Waals surface area contributed by atoms with Gasteiger partial charge in [-0.05, 0) is 25.2 Å². The molecule has 1 heterocycles. The van der Waals surface area contributed by atoms with Gasteiger partial charge in [-0.3, -0.25) is 4.99 Å². The molecular weight excluding hydrogens is 358 g/mol. The molecule has 0 spiro atoms. The number of nitrogens with one attached hydrogen (secondary N) is 3. The number of hydrogen-bond acceptors (Lipinski definition) is 5. The Balaban J connectivity index is 1.62. The molecule has 0 aromatic carbocycles. The highest BCUT2D eigenvalue weighted by Crippen LogP contribution is 2.25. The predicted octanol–water partition coefficient (Wildman–Crippen LogP) is 1.13. The molecule has 1 aromatic heterocycles. The van der Waals surface area contributed by atoms with Crippen molar-refractivity contribution in [2.75, 3.05) is 32.4 Å². The normalized spacial score (nSPS) is 15.8. The van der Waals surface area contributed by atoms with Crippen LogP contribution in [-0.2, 0) is 22.9 Å². The largest absolute Gasteiger partial charge is 0.356 e. The lowest BCUT2D eigenvalue weighted by atomic mass is 9.86. The zero-order chi connectivity index (χ0) is 18.1. The Labute approximate surface area is 154 Å². The molecule has 0 saturated heterocycles. The zero-order valence-corrected chi connectivity index (χ0v) is 16.7. The van der Waals surface area contributed by atoms with Crippen LogP contribution in [0.2, 0.25) is 0 Å². The zero-order valence-electron chi connectivity index (χ0n) is 15.0. The van der Waals surface area contributed by atoms with Crippen molar-refractivity contribution in [3.8, 4) is 0 Å². The van der Waals surface area contributed by atoms with E-state index in [9.17, 15) is 8.42 Å². The Kier molecular flexibility index (Phi) is 8.11. The first-order valence-corrected chi connectivity index (χ1v) is 11.3. The minimum Gasteiger partial charge on any atom is -0.356 e. The first-order valence-electron chi connectivity index (χ1n) is 8.88. The number of rotatable bonds is 10. The van der Waals surface area contributed by atoms with Crippen LogP contribution in [0.15, 0.2) is 11.2 Å². The fourth-order valence-corrected chi connectivity index (χ4v) is 4.32. The van der Waals surface area contributed by atoms with Crippen LogP contribution in [-0.4, -0.2) is 51.8 Å². The number of thiazole rings is 1. The highest BCUT2D eigenvalue weighted by Gasteiger charge is 2.20. The van der Waals surface area contributed by atoms with Crippen molar-refractivity contribution < 1.29 is 8.42 Å². The number of nitrogens with zero attached hydrogens (tertiary/aromatic N) is 2. The summed E-state index contributed by atoms with van der Waals surface area (Å²) in [4.78, 5) is 9.79. The summed E-state index contributed by atoms with van der Waals surface area (Å²) in [5.74, 6) is 1.19. The average molecular weight is 388 g/mol. The Bertz CT molecular complexity index is 653. The first-order chi connectivity index (χ1) is 12.0. The van der Waals surface area contributed by atoms with Gasteiger partial charge in [0.1, 0.15) is 0 Å². The van der Waals surface area contributed by atoms with Crippen molar-refractivity contribution in [3.63, 3.8) is 0 Å². The monoisotopic (exact) mass is 387 g/mol. The summed E-state index contributed by atoms with van der Waals surface area (Å²) >= 11 is 1.73. The molecule has 0 atom stereocenters. The van der Waals surface area contributed by atoms with Crippen molar-refractivity contribution in [2.24, 2.45) is 10.9 Å². The van der Waals surface area contributed by atoms with Gasteiger partial charge in [0.2, 0.25) is 10.0 Å². The Morgan fingerprint density at radius 1 is 1.36 bits per heavy atom. The van der Waals surface area contributed by atoms with E-state index in [-0.39, 0.29) is 5.75 Å². The predicted molar refractivity (Wildman–Crippen MR) is 104 cm³/mol. The lowest BCUT2D eigenvalue weighted by Gasteiger charge is -2.25. The topological polar surface area (TPSA) is 95.5 Å². The minimum absolute atomic E-state index is 0.0484. The van der Waals surface area contributed by atoms with Gasteiger partial charge in [-0.15, -0.1) is 11.3 Å². The number of aryl methyl sites for hydroxylation is 1. The van der Waals surface area contributed by atoms with Gasteiger partial charge >= 0.3 is 0 Å². The quantitative estimate of drug-likeness (QED) is 0.413. The molecule has 1 fully saturated rings. The summed E-state index contributed by atoms with van der Waals surface area (Å²) in [6, 6.07) is 0. The molecule has 0 unspecified atom stereocenters. The fraction of sp³-hybridized carbons (Fsp3) is 0.750. The maximum atomic E-state index is 12.0. The summed E-state index contributed by atoms with van der Waals surface area (Å²) in [7, 11) is -1.55. The molecule has 0 amide bonds. The van der Waals surface area contributed by atoms with Crippen molar-refractivity contribution in [3.05, 3.63) is 16.1 Å². The number of guanidine groups is 1. The van der Waals surface area contributed by atoms with E-state index < -0.39 is 10.0 Å². The molecule has 1 aliphatic rings. The van der Waals surface area contributed by atoms with Crippen molar-refractivity contribution in [2.45, 2.75) is 39.0 Å². The van der Waals surface area contributed by atoms with Crippen LogP contribution in [0.4, 0.5) is 0 Å². The summed E-state index contributed by atoms with van der Waals surface area (Å²) in [5, 5.41) is 7.34. The van der Waals surface area contributed by atoms with E-state index in [1.807, 2.05) is 6.20 Å². The van der Waals surface area contributed by atoms with Crippen LogP contribution in [0.1, 0.15) is 36.1 Å². The van der Waals surface area contributed by atoms with Crippen LogP contribution in [0.5, 0.6) is 0 Å². The average Bonchev–Trinajstić information content (AvgIpc) is 2.99. The van der Waals surface area contributed by atoms with E-state index in [1.54, 1.807) is 18.4 Å². The van der Waals surface area contributed by atoms with Gasteiger partial charge in [0.25, 0.3) is 0 Å². The first kappa shape index (κ1) is 20.1. The minimum atomic E-state index is -3.22. The van der Waals surface area contributed by atoms with Gasteiger partial charge in [-0.2, -0.15) is 0 Å². The Hall–Kier alpha value is -1.19. The highest BCUT2D eigenvalue weighted by molar-refractivity contribution is 7.89. The number of aliphatic imine (C=N–C) groups is 1. The van der Waals surface area contributed by atoms with E-state index in [4.69, 9.17) is 0 Å². The second-order valence-electron chi connectivity index (χ2n) is 6.21. The maximum Gasteiger partial charge on any atom is 0.213 e. The lowest BCUT2D eigenvalue weighted by Crippen LogP contribution is -2.42. The smallest absolute Gasteiger partial charge is 0.213 e. The van der Waals surface area contributed by atoms with Gasteiger partial charge < -0.3 is 10.6 Å². The maximum absolute atomic E-state index is 12.0. The van der Waals surface area contributed by atoms with Crippen LogP contribution in [0, 0.1) is 5.92 Å². The third kappa shape index (κ3) is 7.29. The summed E-state index contributed by atoms with van der Waals surface area (Å²) in [6.45, 7) is 3.74. The molecule has 9 heteroatoms. The third-order valence-electron chi connectivity index (χ3n) is 4.28. The van der Waals surface area contributed by atoms with Gasteiger partial charge in [-0.25, -0.2) is 18.1 Å². The van der Waals surface area contributed by atoms with Crippen molar-refractivity contribution >= 4 is 27.3 Å². The molecule has 142 valence electrons. The molecule has 7 nitrogen and oxygen atoms in total. The molecule has 1 aromatic rings. The molecule has 25 heavy (non-hydrogen) atoms. The molecule has 3 N–H and O–H groups in total. The van der Waals surface area contributed by atoms with E-state index in [1.165, 1.54) is 11.3 Å². The molecule has 1 saturated carbocycles. The fourth-order valence-electron chi connectivity index (χ4n) is 2.45. The van der Waals surface area contributed by atoms with Crippen LogP contribution in [0.25, 0.3) is 0 Å². The molecule has 2 rings (SSSR count). The summed E-state index contributed by atoms with van der Waals surface area (Å²) in [6.07, 6.45) is 7.25. The lowest BCUT2D eigenvalue weighted by molar-refractivity contribution is 0.316. The number of hydrogen-bond donors (Lipinski definition) is 3. The van der Waals surface area contributed by atoms with E-state index in [2.05, 4.69) is 32.3 Å². The second kappa shape index (κ2) is 10.1. The molecule has 0 radical (unpaired) electrons. The van der Waals surface area contributed by atoms with Gasteiger partial charge in [0.15, 0.2) is 5.96 Å². The Morgan fingerprint density at radius 2 is 2.12 bits per heavy atom. The van der Waals surface area contributed by atoms with Gasteiger partial charge in [0, 0.05) is 44.2 Å². The standard InChI is InChI=1S/C16H29N5O2S2/c1-3-14-12-20-15(24-14)7-8-18-16(17-2)19-9-10-25(22,23)21-11-13-5-4-6-13/h12-13,21H,3-11H2,1-2H3,(H2,17,18,19). The molecule has 0 aliphatic heterocycles. The summed E-state index contributed by atoms with van der Waals surface area (Å²) in [5.41, 5.74) is 0. The van der Waals surface area contributed by atoms with Crippen LogP contribution in [0.3, 0.4) is 0 Å². The molecular formula is C16H29N5O2S2. The van der Waals surface area contributed by atoms with Crippen LogP contribution >= 0.6 is 11.3 Å². The van der Waals surface area contributed by atoms with Crippen molar-refractivity contribution in [1.82, 2.24) is 20.3 Å². The van der Waals surface area contributed by atoms with E-state index >= 15 is 0 Å². The Morgan fingerprint density at radius 3 is 2.72 bits per heavy atom. The van der Waals surface area contributed by atoms with E-state index in [0.717, 1.165) is 30.7 Å². The molecule has 1 aliphatic carbocycles. The molecule has 0 bridgehead atoms. The third-order valence-corrected chi connectivity index (χ3v) is 6.83. The number of sulfonamides is 1. The number of aromatic nitrogens is 1. The summed E-state index contributed by atoms with van der Waals surface area (Å²) < 4.78 is 26.6. The van der Waals surface area contributed by atoms with Crippen LogP contribution < -0.4 is 15.4 Å². The highest BCUT2D eigenvalue weighted by atomic mass is 32.2. The second-order valence-corrected chi connectivity index (χ2v) is 9.34. The van der Waals surface area contributed by atoms with Gasteiger partial charge in [-0.1, -0.05) is 13.3 Å².